The summed E-state index contributed by atoms with van der Waals surface area (Å²) >= 11 is 0. The highest BCUT2D eigenvalue weighted by molar-refractivity contribution is 7.85. The fourth-order valence-electron chi connectivity index (χ4n) is 2.74. The lowest BCUT2D eigenvalue weighted by Gasteiger charge is -2.28. The van der Waals surface area contributed by atoms with Gasteiger partial charge in [0.1, 0.15) is 17.9 Å². The Hall–Kier alpha value is -2.40. The molecule has 7 heteroatoms. The second-order valence-corrected chi connectivity index (χ2v) is 8.21. The third-order valence-electron chi connectivity index (χ3n) is 4.54. The van der Waals surface area contributed by atoms with E-state index in [9.17, 15) is 13.7 Å². The molecule has 1 aliphatic carbocycles. The summed E-state index contributed by atoms with van der Waals surface area (Å²) in [6, 6.07) is 14.2. The van der Waals surface area contributed by atoms with Crippen molar-refractivity contribution in [2.24, 2.45) is 0 Å². The Balaban J connectivity index is 0.000000168. The van der Waals surface area contributed by atoms with Crippen LogP contribution in [0.15, 0.2) is 47.4 Å². The third kappa shape index (κ3) is 5.07. The Morgan fingerprint density at radius 1 is 1.15 bits per heavy atom. The predicted octanol–water partition coefficient (Wildman–Crippen LogP) is 3.03. The summed E-state index contributed by atoms with van der Waals surface area (Å²) in [5, 5.41) is 12.4. The Morgan fingerprint density at radius 2 is 1.81 bits per heavy atom. The molecule has 1 aliphatic heterocycles. The maximum atomic E-state index is 10.5. The first kappa shape index (κ1) is 19.4. The van der Waals surface area contributed by atoms with E-state index in [1.54, 1.807) is 12.1 Å². The molecule has 0 amide bonds. The zero-order valence-electron chi connectivity index (χ0n) is 15.1. The largest absolute Gasteiger partial charge is 0.486 e. The molecule has 2 fully saturated rings. The smallest absolute Gasteiger partial charge is 0.294 e. The maximum absolute atomic E-state index is 10.5. The monoisotopic (exact) mass is 386 g/mol. The van der Waals surface area contributed by atoms with Crippen molar-refractivity contribution in [3.05, 3.63) is 59.2 Å². The van der Waals surface area contributed by atoms with Gasteiger partial charge in [0.15, 0.2) is 0 Å². The lowest BCUT2D eigenvalue weighted by molar-refractivity contribution is 0.141. The molecule has 0 spiro atoms. The van der Waals surface area contributed by atoms with Gasteiger partial charge < -0.3 is 10.1 Å². The van der Waals surface area contributed by atoms with Gasteiger partial charge >= 0.3 is 0 Å². The second-order valence-electron chi connectivity index (χ2n) is 6.79. The summed E-state index contributed by atoms with van der Waals surface area (Å²) < 4.78 is 35.4. The number of hydrogen-bond donors (Lipinski definition) is 2. The number of rotatable bonds is 4. The molecule has 27 heavy (non-hydrogen) atoms. The van der Waals surface area contributed by atoms with Crippen LogP contribution in [0.25, 0.3) is 0 Å². The summed E-state index contributed by atoms with van der Waals surface area (Å²) in [6.07, 6.45) is 2.66. The molecule has 1 saturated heterocycles. The van der Waals surface area contributed by atoms with Crippen molar-refractivity contribution in [1.82, 2.24) is 5.32 Å². The van der Waals surface area contributed by atoms with Gasteiger partial charge in [-0.1, -0.05) is 29.8 Å². The molecule has 0 unspecified atom stereocenters. The van der Waals surface area contributed by atoms with Crippen molar-refractivity contribution in [2.45, 2.75) is 36.7 Å². The van der Waals surface area contributed by atoms with Gasteiger partial charge in [0, 0.05) is 13.1 Å². The van der Waals surface area contributed by atoms with E-state index in [2.05, 4.69) is 17.5 Å². The van der Waals surface area contributed by atoms with Crippen LogP contribution in [-0.4, -0.2) is 32.2 Å². The van der Waals surface area contributed by atoms with E-state index in [4.69, 9.17) is 9.29 Å². The summed E-state index contributed by atoms with van der Waals surface area (Å²) in [7, 11) is -4.02. The SMILES string of the molecule is Cc1ccc(S(=O)(=O)O)cc1.N#Cc1c(OC2CNC2)cccc1C1CC1. The number of nitrogens with one attached hydrogen (secondary N) is 1. The molecule has 142 valence electrons. The Kier molecular flexibility index (Phi) is 5.80. The number of hydrogen-bond acceptors (Lipinski definition) is 5. The molecule has 4 rings (SSSR count). The van der Waals surface area contributed by atoms with E-state index in [1.807, 2.05) is 19.1 Å². The van der Waals surface area contributed by atoms with E-state index in [-0.39, 0.29) is 11.0 Å². The summed E-state index contributed by atoms with van der Waals surface area (Å²) in [6.45, 7) is 3.62. The van der Waals surface area contributed by atoms with Crippen LogP contribution in [0.1, 0.15) is 35.4 Å². The summed E-state index contributed by atoms with van der Waals surface area (Å²) in [4.78, 5) is -0.0666. The molecule has 1 saturated carbocycles. The van der Waals surface area contributed by atoms with Gasteiger partial charge in [0.05, 0.1) is 10.5 Å². The first-order valence-corrected chi connectivity index (χ1v) is 10.3. The first-order valence-electron chi connectivity index (χ1n) is 8.83. The minimum absolute atomic E-state index is 0.0666. The van der Waals surface area contributed by atoms with Crippen LogP contribution in [0.3, 0.4) is 0 Å². The normalized spacial score (nSPS) is 16.5. The lowest BCUT2D eigenvalue weighted by atomic mass is 10.0. The lowest BCUT2D eigenvalue weighted by Crippen LogP contribution is -2.50. The third-order valence-corrected chi connectivity index (χ3v) is 5.41. The maximum Gasteiger partial charge on any atom is 0.294 e. The van der Waals surface area contributed by atoms with Crippen molar-refractivity contribution < 1.29 is 17.7 Å². The molecule has 1 heterocycles. The Morgan fingerprint density at radius 3 is 2.30 bits per heavy atom. The number of nitrogens with zero attached hydrogens (tertiary/aromatic N) is 1. The Labute approximate surface area is 159 Å². The number of ether oxygens (including phenoxy) is 1. The van der Waals surface area contributed by atoms with E-state index < -0.39 is 10.1 Å². The topological polar surface area (TPSA) is 99.4 Å². The molecule has 0 radical (unpaired) electrons. The van der Waals surface area contributed by atoms with Crippen molar-refractivity contribution in [1.29, 1.82) is 5.26 Å². The zero-order chi connectivity index (χ0) is 19.4. The van der Waals surface area contributed by atoms with Gasteiger partial charge in [-0.05, 0) is 49.4 Å². The molecule has 6 nitrogen and oxygen atoms in total. The van der Waals surface area contributed by atoms with Gasteiger partial charge in [-0.3, -0.25) is 4.55 Å². The quantitative estimate of drug-likeness (QED) is 0.784. The van der Waals surface area contributed by atoms with Gasteiger partial charge in [-0.25, -0.2) is 0 Å². The standard InChI is InChI=1S/C13H14N2O.C7H8O3S/c14-6-12-11(9-4-5-9)2-1-3-13(12)16-10-7-15-8-10;1-6-2-4-7(5-3-6)11(8,9)10/h1-3,9-10,15H,4-5,7-8H2;2-5H,1H3,(H,8,9,10). The first-order chi connectivity index (χ1) is 12.9. The van der Waals surface area contributed by atoms with Gasteiger partial charge in [0.2, 0.25) is 0 Å². The molecule has 2 aliphatic rings. The number of nitriles is 1. The highest BCUT2D eigenvalue weighted by atomic mass is 32.2. The molecular formula is C20H22N2O4S. The number of aryl methyl sites for hydroxylation is 1. The van der Waals surface area contributed by atoms with Gasteiger partial charge in [-0.2, -0.15) is 13.7 Å². The molecule has 2 aromatic rings. The molecule has 2 N–H and O–H groups in total. The van der Waals surface area contributed by atoms with Crippen LogP contribution in [-0.2, 0) is 10.1 Å². The fraction of sp³-hybridized carbons (Fsp3) is 0.350. The number of benzene rings is 2. The van der Waals surface area contributed by atoms with Crippen molar-refractivity contribution >= 4 is 10.1 Å². The Bertz CT molecular complexity index is 941. The molecule has 0 bridgehead atoms. The van der Waals surface area contributed by atoms with E-state index in [0.29, 0.717) is 5.92 Å². The minimum atomic E-state index is -4.02. The predicted molar refractivity (Wildman–Crippen MR) is 101 cm³/mol. The van der Waals surface area contributed by atoms with E-state index in [1.165, 1.54) is 30.5 Å². The molecule has 2 aromatic carbocycles. The van der Waals surface area contributed by atoms with Crippen molar-refractivity contribution in [3.8, 4) is 11.8 Å². The van der Waals surface area contributed by atoms with Crippen LogP contribution in [0, 0.1) is 18.3 Å². The van der Waals surface area contributed by atoms with E-state index >= 15 is 0 Å². The van der Waals surface area contributed by atoms with Crippen LogP contribution in [0.4, 0.5) is 0 Å². The highest BCUT2D eigenvalue weighted by Crippen LogP contribution is 2.43. The molecule has 0 aromatic heterocycles. The van der Waals surface area contributed by atoms with Crippen LogP contribution >= 0.6 is 0 Å². The van der Waals surface area contributed by atoms with Crippen LogP contribution < -0.4 is 10.1 Å². The average Bonchev–Trinajstić information content (AvgIpc) is 3.43. The highest BCUT2D eigenvalue weighted by Gasteiger charge is 2.28. The fourth-order valence-corrected chi connectivity index (χ4v) is 3.22. The average molecular weight is 386 g/mol. The minimum Gasteiger partial charge on any atom is -0.486 e. The van der Waals surface area contributed by atoms with E-state index in [0.717, 1.165) is 30.0 Å². The summed E-state index contributed by atoms with van der Waals surface area (Å²) in [5.74, 6) is 1.36. The van der Waals surface area contributed by atoms with Crippen molar-refractivity contribution in [2.75, 3.05) is 13.1 Å². The summed E-state index contributed by atoms with van der Waals surface area (Å²) in [5.41, 5.74) is 2.88. The van der Waals surface area contributed by atoms with Crippen LogP contribution in [0.5, 0.6) is 5.75 Å². The van der Waals surface area contributed by atoms with Crippen molar-refractivity contribution in [3.63, 3.8) is 0 Å². The van der Waals surface area contributed by atoms with Gasteiger partial charge in [0.25, 0.3) is 10.1 Å². The van der Waals surface area contributed by atoms with Crippen LogP contribution in [0.2, 0.25) is 0 Å². The molecular weight excluding hydrogens is 364 g/mol. The molecule has 0 atom stereocenters. The second kappa shape index (κ2) is 8.09. The van der Waals surface area contributed by atoms with Gasteiger partial charge in [-0.15, -0.1) is 0 Å². The zero-order valence-corrected chi connectivity index (χ0v) is 15.9.